The van der Waals surface area contributed by atoms with Crippen LogP contribution < -0.4 is 10.6 Å². The predicted molar refractivity (Wildman–Crippen MR) is 143 cm³/mol. The van der Waals surface area contributed by atoms with E-state index in [0.717, 1.165) is 52.5 Å². The molecule has 0 aliphatic carbocycles. The topological polar surface area (TPSA) is 81.0 Å². The van der Waals surface area contributed by atoms with Crippen molar-refractivity contribution in [2.75, 3.05) is 31.2 Å². The van der Waals surface area contributed by atoms with Crippen molar-refractivity contribution in [2.45, 2.75) is 6.92 Å². The number of aryl methyl sites for hydroxylation is 1. The summed E-state index contributed by atoms with van der Waals surface area (Å²) in [5.74, 6) is 1.54. The first-order chi connectivity index (χ1) is 17.1. The van der Waals surface area contributed by atoms with Crippen molar-refractivity contribution in [3.63, 3.8) is 0 Å². The lowest BCUT2D eigenvalue weighted by Crippen LogP contribution is -2.37. The molecule has 2 aromatic heterocycles. The van der Waals surface area contributed by atoms with Crippen LogP contribution in [-0.4, -0.2) is 47.1 Å². The zero-order valence-electron chi connectivity index (χ0n) is 19.8. The number of hydrogen-bond acceptors (Lipinski definition) is 6. The molecule has 1 fully saturated rings. The molecule has 176 valence electrons. The maximum absolute atomic E-state index is 6.26. The van der Waals surface area contributed by atoms with Gasteiger partial charge in [0.1, 0.15) is 5.82 Å². The lowest BCUT2D eigenvalue weighted by molar-refractivity contribution is 0.122. The number of benzene rings is 2. The highest BCUT2D eigenvalue weighted by molar-refractivity contribution is 5.85. The van der Waals surface area contributed by atoms with Crippen molar-refractivity contribution >= 4 is 35.3 Å². The van der Waals surface area contributed by atoms with Gasteiger partial charge in [-0.25, -0.2) is 9.98 Å². The highest BCUT2D eigenvalue weighted by Gasteiger charge is 2.18. The molecule has 0 radical (unpaired) electrons. The van der Waals surface area contributed by atoms with Crippen molar-refractivity contribution in [3.05, 3.63) is 90.0 Å². The fourth-order valence-corrected chi connectivity index (χ4v) is 4.08. The van der Waals surface area contributed by atoms with E-state index in [1.54, 1.807) is 12.3 Å². The smallest absolute Gasteiger partial charge is 0.160 e. The maximum atomic E-state index is 6.26. The maximum Gasteiger partial charge on any atom is 0.160 e. The Bertz CT molecular complexity index is 1410. The molecule has 7 nitrogen and oxygen atoms in total. The van der Waals surface area contributed by atoms with Gasteiger partial charge in [0.25, 0.3) is 0 Å². The number of morpholine rings is 1. The number of rotatable bonds is 6. The first-order valence-electron chi connectivity index (χ1n) is 11.6. The molecule has 0 saturated carbocycles. The molecule has 0 unspecified atom stereocenters. The molecule has 3 heterocycles. The summed E-state index contributed by atoms with van der Waals surface area (Å²) in [7, 11) is 0. The molecule has 7 heteroatoms. The van der Waals surface area contributed by atoms with E-state index in [2.05, 4.69) is 22.5 Å². The third-order valence-corrected chi connectivity index (χ3v) is 5.98. The Morgan fingerprint density at radius 3 is 2.63 bits per heavy atom. The van der Waals surface area contributed by atoms with Crippen LogP contribution in [0.2, 0.25) is 0 Å². The van der Waals surface area contributed by atoms with Crippen LogP contribution in [0.25, 0.3) is 28.7 Å². The fraction of sp³-hybridized carbons (Fsp3) is 0.179. The number of nitrogens with two attached hydrogens (primary N) is 1. The van der Waals surface area contributed by atoms with Crippen molar-refractivity contribution in [1.82, 2.24) is 14.6 Å². The van der Waals surface area contributed by atoms with E-state index in [9.17, 15) is 0 Å². The number of allylic oxidation sites excluding steroid dienone is 1. The normalized spacial score (nSPS) is 14.7. The molecule has 0 bridgehead atoms. The van der Waals surface area contributed by atoms with Crippen molar-refractivity contribution in [1.29, 1.82) is 0 Å². The van der Waals surface area contributed by atoms with Crippen molar-refractivity contribution < 1.29 is 4.74 Å². The molecular weight excluding hydrogens is 436 g/mol. The van der Waals surface area contributed by atoms with Crippen LogP contribution in [-0.2, 0) is 4.74 Å². The zero-order chi connectivity index (χ0) is 24.2. The van der Waals surface area contributed by atoms with Crippen molar-refractivity contribution in [2.24, 2.45) is 10.7 Å². The molecule has 0 spiro atoms. The van der Waals surface area contributed by atoms with E-state index in [1.165, 1.54) is 0 Å². The highest BCUT2D eigenvalue weighted by atomic mass is 16.5. The van der Waals surface area contributed by atoms with Gasteiger partial charge in [-0.3, -0.25) is 0 Å². The Labute approximate surface area is 204 Å². The van der Waals surface area contributed by atoms with Crippen LogP contribution in [0.4, 0.5) is 11.6 Å². The Morgan fingerprint density at radius 2 is 1.89 bits per heavy atom. The number of nitrogens with zero attached hydrogens (tertiary/aromatic N) is 5. The molecule has 0 amide bonds. The van der Waals surface area contributed by atoms with E-state index < -0.39 is 0 Å². The second-order valence-corrected chi connectivity index (χ2v) is 8.47. The van der Waals surface area contributed by atoms with E-state index in [1.807, 2.05) is 72.1 Å². The number of aliphatic imine (C=N–C) groups is 1. The minimum Gasteiger partial charge on any atom is -0.398 e. The summed E-state index contributed by atoms with van der Waals surface area (Å²) in [6, 6.07) is 20.2. The fourth-order valence-electron chi connectivity index (χ4n) is 4.08. The number of anilines is 1. The van der Waals surface area contributed by atoms with Gasteiger partial charge < -0.3 is 15.4 Å². The largest absolute Gasteiger partial charge is 0.398 e. The molecule has 5 rings (SSSR count). The van der Waals surface area contributed by atoms with Gasteiger partial charge in [0.15, 0.2) is 11.5 Å². The van der Waals surface area contributed by atoms with Crippen LogP contribution in [0.15, 0.2) is 78.3 Å². The van der Waals surface area contributed by atoms with Crippen LogP contribution in [0, 0.1) is 6.92 Å². The monoisotopic (exact) mass is 464 g/mol. The Hall–Kier alpha value is -4.23. The Morgan fingerprint density at radius 1 is 1.09 bits per heavy atom. The number of hydrogen-bond donors (Lipinski definition) is 1. The van der Waals surface area contributed by atoms with Crippen LogP contribution in [0.1, 0.15) is 16.7 Å². The minimum absolute atomic E-state index is 0.598. The first-order valence-corrected chi connectivity index (χ1v) is 11.6. The Balaban J connectivity index is 1.51. The van der Waals surface area contributed by atoms with Gasteiger partial charge in [-0.05, 0) is 30.2 Å². The minimum atomic E-state index is 0.598. The van der Waals surface area contributed by atoms with Gasteiger partial charge in [0.2, 0.25) is 0 Å². The average Bonchev–Trinajstić information content (AvgIpc) is 3.33. The molecule has 35 heavy (non-hydrogen) atoms. The first kappa shape index (κ1) is 22.6. The Kier molecular flexibility index (Phi) is 6.41. The van der Waals surface area contributed by atoms with Gasteiger partial charge in [0, 0.05) is 42.7 Å². The summed E-state index contributed by atoms with van der Waals surface area (Å²) in [5.41, 5.74) is 12.7. The lowest BCUT2D eigenvalue weighted by atomic mass is 10.1. The van der Waals surface area contributed by atoms with Gasteiger partial charge in [-0.15, -0.1) is 0 Å². The molecule has 1 saturated heterocycles. The van der Waals surface area contributed by atoms with Crippen LogP contribution in [0.5, 0.6) is 0 Å². The second-order valence-electron chi connectivity index (χ2n) is 8.47. The summed E-state index contributed by atoms with van der Waals surface area (Å²) in [5, 5.41) is 4.87. The van der Waals surface area contributed by atoms with Gasteiger partial charge in [0.05, 0.1) is 18.9 Å². The summed E-state index contributed by atoms with van der Waals surface area (Å²) in [4.78, 5) is 11.6. The summed E-state index contributed by atoms with van der Waals surface area (Å²) in [6.07, 6.45) is 5.33. The van der Waals surface area contributed by atoms with Gasteiger partial charge >= 0.3 is 0 Å². The SMILES string of the molecule is C=Cc1ccc(-c2cc3nc(N=C/C=C(\N)c4cccc(C)c4)cc(N4CCOCC4)n3n2)cc1. The zero-order valence-corrected chi connectivity index (χ0v) is 19.8. The standard InChI is InChI=1S/C28H28N6O/c1-3-21-7-9-22(10-8-21)25-18-27-31-26(19-28(34(27)32-25)33-13-15-35-16-14-33)30-12-11-24(29)23-6-4-5-20(2)17-23/h3-12,17-19H,1,13-16,29H2,2H3/b24-11-,30-12?. The molecular formula is C28H28N6O. The summed E-state index contributed by atoms with van der Waals surface area (Å²) in [6.45, 7) is 8.79. The van der Waals surface area contributed by atoms with Crippen LogP contribution >= 0.6 is 0 Å². The molecule has 1 aliphatic heterocycles. The number of ether oxygens (including phenoxy) is 1. The van der Waals surface area contributed by atoms with Crippen LogP contribution in [0.3, 0.4) is 0 Å². The van der Waals surface area contributed by atoms with E-state index in [4.69, 9.17) is 20.6 Å². The summed E-state index contributed by atoms with van der Waals surface area (Å²) >= 11 is 0. The number of fused-ring (bicyclic) bond motifs is 1. The third-order valence-electron chi connectivity index (χ3n) is 5.98. The second kappa shape index (κ2) is 9.95. The molecule has 0 atom stereocenters. The van der Waals surface area contributed by atoms with Gasteiger partial charge in [-0.2, -0.15) is 9.61 Å². The third kappa shape index (κ3) is 5.00. The molecule has 4 aromatic rings. The molecule has 2 aromatic carbocycles. The average molecular weight is 465 g/mol. The quantitative estimate of drug-likeness (QED) is 0.411. The van der Waals surface area contributed by atoms with Crippen molar-refractivity contribution in [3.8, 4) is 11.3 Å². The van der Waals surface area contributed by atoms with E-state index in [0.29, 0.717) is 24.7 Å². The van der Waals surface area contributed by atoms with E-state index in [-0.39, 0.29) is 0 Å². The van der Waals surface area contributed by atoms with Gasteiger partial charge in [-0.1, -0.05) is 60.7 Å². The molecule has 2 N–H and O–H groups in total. The highest BCUT2D eigenvalue weighted by Crippen LogP contribution is 2.27. The summed E-state index contributed by atoms with van der Waals surface area (Å²) < 4.78 is 7.44. The van der Waals surface area contributed by atoms with E-state index >= 15 is 0 Å². The number of aromatic nitrogens is 3. The predicted octanol–water partition coefficient (Wildman–Crippen LogP) is 4.89. The lowest BCUT2D eigenvalue weighted by Gasteiger charge is -2.28. The molecule has 1 aliphatic rings.